The molecule has 2 nitrogen and oxygen atoms in total. The summed E-state index contributed by atoms with van der Waals surface area (Å²) in [5.41, 5.74) is 0.350. The van der Waals surface area contributed by atoms with Gasteiger partial charge in [-0.2, -0.15) is 0 Å². The van der Waals surface area contributed by atoms with E-state index in [2.05, 4.69) is 32.6 Å². The summed E-state index contributed by atoms with van der Waals surface area (Å²) in [6.07, 6.45) is 0.169. The molecule has 0 aliphatic rings. The standard InChI is InChI=1S/C15H23Cl2NO/c1-5-15(4,18(6-2)7-3)14(19)12-10-11(16)8-9-13(12)17/h8-10,14,19H,5-7H2,1-4H3. The topological polar surface area (TPSA) is 23.5 Å². The van der Waals surface area contributed by atoms with Crippen LogP contribution in [-0.2, 0) is 0 Å². The van der Waals surface area contributed by atoms with Gasteiger partial charge in [-0.05, 0) is 44.6 Å². The minimum atomic E-state index is -0.663. The number of aliphatic hydroxyl groups is 1. The van der Waals surface area contributed by atoms with E-state index in [9.17, 15) is 5.11 Å². The highest BCUT2D eigenvalue weighted by molar-refractivity contribution is 6.33. The molecule has 2 unspecified atom stereocenters. The van der Waals surface area contributed by atoms with Crippen LogP contribution in [0.1, 0.15) is 45.8 Å². The van der Waals surface area contributed by atoms with E-state index in [1.807, 2.05) is 0 Å². The molecule has 0 aliphatic heterocycles. The van der Waals surface area contributed by atoms with Crippen molar-refractivity contribution in [2.45, 2.75) is 45.8 Å². The van der Waals surface area contributed by atoms with Gasteiger partial charge < -0.3 is 5.11 Å². The molecule has 0 aliphatic carbocycles. The van der Waals surface area contributed by atoms with Gasteiger partial charge in [0, 0.05) is 21.1 Å². The zero-order chi connectivity index (χ0) is 14.6. The van der Waals surface area contributed by atoms with E-state index in [4.69, 9.17) is 23.2 Å². The third kappa shape index (κ3) is 3.43. The molecule has 1 aromatic carbocycles. The monoisotopic (exact) mass is 303 g/mol. The van der Waals surface area contributed by atoms with Crippen molar-refractivity contribution in [3.63, 3.8) is 0 Å². The minimum Gasteiger partial charge on any atom is -0.386 e. The van der Waals surface area contributed by atoms with Crippen LogP contribution in [0.4, 0.5) is 0 Å². The van der Waals surface area contributed by atoms with Crippen molar-refractivity contribution >= 4 is 23.2 Å². The molecular weight excluding hydrogens is 281 g/mol. The Labute approximate surface area is 126 Å². The lowest BCUT2D eigenvalue weighted by molar-refractivity contribution is -0.0213. The smallest absolute Gasteiger partial charge is 0.0985 e. The molecule has 1 N–H and O–H groups in total. The van der Waals surface area contributed by atoms with Gasteiger partial charge in [-0.1, -0.05) is 44.0 Å². The van der Waals surface area contributed by atoms with Crippen LogP contribution in [0.5, 0.6) is 0 Å². The second-order valence-corrected chi connectivity index (χ2v) is 5.80. The maximum Gasteiger partial charge on any atom is 0.0985 e. The maximum absolute atomic E-state index is 10.8. The quantitative estimate of drug-likeness (QED) is 0.834. The van der Waals surface area contributed by atoms with Crippen molar-refractivity contribution < 1.29 is 5.11 Å². The van der Waals surface area contributed by atoms with Gasteiger partial charge in [0.05, 0.1) is 6.10 Å². The lowest BCUT2D eigenvalue weighted by atomic mass is 9.85. The number of benzene rings is 1. The summed E-state index contributed by atoms with van der Waals surface area (Å²) in [5.74, 6) is 0. The third-order valence-electron chi connectivity index (χ3n) is 4.04. The average Bonchev–Trinajstić information content (AvgIpc) is 2.41. The van der Waals surface area contributed by atoms with Crippen LogP contribution >= 0.6 is 23.2 Å². The first-order valence-electron chi connectivity index (χ1n) is 6.78. The molecule has 1 aromatic rings. The second-order valence-electron chi connectivity index (χ2n) is 4.95. The zero-order valence-electron chi connectivity index (χ0n) is 12.1. The van der Waals surface area contributed by atoms with E-state index in [0.29, 0.717) is 15.6 Å². The molecule has 0 heterocycles. The Bertz CT molecular complexity index is 421. The molecule has 0 fully saturated rings. The van der Waals surface area contributed by atoms with Gasteiger partial charge in [-0.15, -0.1) is 0 Å². The number of likely N-dealkylation sites (N-methyl/N-ethyl adjacent to an activating group) is 1. The Morgan fingerprint density at radius 2 is 1.79 bits per heavy atom. The van der Waals surface area contributed by atoms with Crippen LogP contribution in [0.15, 0.2) is 18.2 Å². The Morgan fingerprint density at radius 3 is 2.26 bits per heavy atom. The fraction of sp³-hybridized carbons (Fsp3) is 0.600. The fourth-order valence-corrected chi connectivity index (χ4v) is 3.00. The number of halogens is 2. The lowest BCUT2D eigenvalue weighted by Gasteiger charge is -2.43. The van der Waals surface area contributed by atoms with E-state index in [1.54, 1.807) is 18.2 Å². The molecule has 0 amide bonds. The van der Waals surface area contributed by atoms with E-state index in [1.165, 1.54) is 0 Å². The van der Waals surface area contributed by atoms with Crippen LogP contribution in [0.25, 0.3) is 0 Å². The molecule has 0 saturated carbocycles. The Balaban J connectivity index is 3.20. The molecule has 0 radical (unpaired) electrons. The molecular formula is C15H23Cl2NO. The number of hydrogen-bond donors (Lipinski definition) is 1. The number of aliphatic hydroxyl groups excluding tert-OH is 1. The van der Waals surface area contributed by atoms with Gasteiger partial charge in [0.15, 0.2) is 0 Å². The SMILES string of the molecule is CCN(CC)C(C)(CC)C(O)c1cc(Cl)ccc1Cl. The van der Waals surface area contributed by atoms with Crippen molar-refractivity contribution in [3.05, 3.63) is 33.8 Å². The lowest BCUT2D eigenvalue weighted by Crippen LogP contribution is -2.50. The summed E-state index contributed by atoms with van der Waals surface area (Å²) >= 11 is 12.2. The van der Waals surface area contributed by atoms with Crippen molar-refractivity contribution in [1.82, 2.24) is 4.90 Å². The largest absolute Gasteiger partial charge is 0.386 e. The average molecular weight is 304 g/mol. The second kappa shape index (κ2) is 6.94. The number of nitrogens with zero attached hydrogens (tertiary/aromatic N) is 1. The Morgan fingerprint density at radius 1 is 1.21 bits per heavy atom. The highest BCUT2D eigenvalue weighted by atomic mass is 35.5. The molecule has 0 aromatic heterocycles. The molecule has 0 spiro atoms. The normalized spacial score (nSPS) is 16.4. The van der Waals surface area contributed by atoms with Crippen molar-refractivity contribution in [2.75, 3.05) is 13.1 Å². The van der Waals surface area contributed by atoms with Crippen LogP contribution < -0.4 is 0 Å². The van der Waals surface area contributed by atoms with E-state index >= 15 is 0 Å². The first-order valence-corrected chi connectivity index (χ1v) is 7.54. The summed E-state index contributed by atoms with van der Waals surface area (Å²) in [4.78, 5) is 2.26. The first kappa shape index (κ1) is 16.8. The van der Waals surface area contributed by atoms with Gasteiger partial charge in [-0.25, -0.2) is 0 Å². The maximum atomic E-state index is 10.8. The molecule has 0 bridgehead atoms. The minimum absolute atomic E-state index is 0.349. The van der Waals surface area contributed by atoms with Gasteiger partial charge >= 0.3 is 0 Å². The third-order valence-corrected chi connectivity index (χ3v) is 4.62. The fourth-order valence-electron chi connectivity index (χ4n) is 2.60. The summed E-state index contributed by atoms with van der Waals surface area (Å²) < 4.78 is 0. The molecule has 19 heavy (non-hydrogen) atoms. The highest BCUT2D eigenvalue weighted by Gasteiger charge is 2.37. The number of rotatable bonds is 6. The van der Waals surface area contributed by atoms with Gasteiger partial charge in [0.1, 0.15) is 0 Å². The first-order chi connectivity index (χ1) is 8.90. The van der Waals surface area contributed by atoms with Crippen molar-refractivity contribution in [1.29, 1.82) is 0 Å². The molecule has 108 valence electrons. The zero-order valence-corrected chi connectivity index (χ0v) is 13.6. The van der Waals surface area contributed by atoms with Crippen LogP contribution in [0.3, 0.4) is 0 Å². The van der Waals surface area contributed by atoms with E-state index in [0.717, 1.165) is 19.5 Å². The molecule has 1 rings (SSSR count). The van der Waals surface area contributed by atoms with Crippen LogP contribution in [-0.4, -0.2) is 28.6 Å². The summed E-state index contributed by atoms with van der Waals surface area (Å²) in [6.45, 7) is 10.1. The van der Waals surface area contributed by atoms with Gasteiger partial charge in [-0.3, -0.25) is 4.90 Å². The highest BCUT2D eigenvalue weighted by Crippen LogP contribution is 2.38. The summed E-state index contributed by atoms with van der Waals surface area (Å²) in [5, 5.41) is 11.9. The van der Waals surface area contributed by atoms with E-state index in [-0.39, 0.29) is 5.54 Å². The van der Waals surface area contributed by atoms with Gasteiger partial charge in [0.25, 0.3) is 0 Å². The number of hydrogen-bond acceptors (Lipinski definition) is 2. The Kier molecular flexibility index (Phi) is 6.13. The molecule has 0 saturated heterocycles. The summed E-state index contributed by atoms with van der Waals surface area (Å²) in [7, 11) is 0. The van der Waals surface area contributed by atoms with E-state index < -0.39 is 6.10 Å². The Hall–Kier alpha value is -0.280. The molecule has 2 atom stereocenters. The van der Waals surface area contributed by atoms with Crippen molar-refractivity contribution in [3.8, 4) is 0 Å². The predicted octanol–water partition coefficient (Wildman–Crippen LogP) is 4.54. The van der Waals surface area contributed by atoms with Gasteiger partial charge in [0.2, 0.25) is 0 Å². The summed E-state index contributed by atoms with van der Waals surface area (Å²) in [6, 6.07) is 5.23. The van der Waals surface area contributed by atoms with Crippen LogP contribution in [0, 0.1) is 0 Å². The predicted molar refractivity (Wildman–Crippen MR) is 83.0 cm³/mol. The molecule has 4 heteroatoms. The van der Waals surface area contributed by atoms with Crippen molar-refractivity contribution in [2.24, 2.45) is 0 Å². The van der Waals surface area contributed by atoms with Crippen LogP contribution in [0.2, 0.25) is 10.0 Å².